The van der Waals surface area contributed by atoms with Crippen molar-refractivity contribution >= 4 is 17.6 Å². The quantitative estimate of drug-likeness (QED) is 0.225. The van der Waals surface area contributed by atoms with E-state index in [0.29, 0.717) is 30.0 Å². The van der Waals surface area contributed by atoms with Crippen LogP contribution in [0.4, 0.5) is 0 Å². The molecule has 2 rings (SSSR count). The van der Waals surface area contributed by atoms with Gasteiger partial charge in [-0.3, -0.25) is 0 Å². The standard InChI is InChI=1S/C22H29ClO6.Na/c23-15-6-5-7-17(12-15)29-14-16(24)10-11-19-18(20(25)13-21(19)26)8-3-1-2-4-9-22(27)28;/h1,3,5-7,10-12,16,18-21,24-26H,2,4,8-9,13-14H2,(H,27,28);/q;+1/p-1/b3-1+,11-10+;. The van der Waals surface area contributed by atoms with E-state index >= 15 is 0 Å². The summed E-state index contributed by atoms with van der Waals surface area (Å²) < 4.78 is 5.50. The van der Waals surface area contributed by atoms with Gasteiger partial charge in [0.15, 0.2) is 0 Å². The molecule has 8 heteroatoms. The number of halogens is 1. The summed E-state index contributed by atoms with van der Waals surface area (Å²) in [7, 11) is 0. The summed E-state index contributed by atoms with van der Waals surface area (Å²) in [4.78, 5) is 10.4. The number of carboxylic acid groups (broad SMARTS) is 1. The number of unbranched alkanes of at least 4 members (excludes halogenated alkanes) is 1. The number of carbonyl (C=O) groups excluding carboxylic acids is 1. The van der Waals surface area contributed by atoms with Crippen LogP contribution in [-0.4, -0.2) is 46.2 Å². The van der Waals surface area contributed by atoms with Crippen molar-refractivity contribution in [1.29, 1.82) is 0 Å². The minimum absolute atomic E-state index is 0. The molecule has 0 heterocycles. The molecule has 1 aliphatic carbocycles. The predicted molar refractivity (Wildman–Crippen MR) is 108 cm³/mol. The number of aliphatic carboxylic acids is 1. The average Bonchev–Trinajstić information content (AvgIpc) is 2.93. The number of aliphatic hydroxyl groups excluding tert-OH is 3. The van der Waals surface area contributed by atoms with E-state index in [1.807, 2.05) is 12.2 Å². The van der Waals surface area contributed by atoms with E-state index in [2.05, 4.69) is 0 Å². The molecule has 1 aromatic carbocycles. The second-order valence-corrected chi connectivity index (χ2v) is 7.74. The van der Waals surface area contributed by atoms with E-state index in [4.69, 9.17) is 16.3 Å². The fourth-order valence-corrected chi connectivity index (χ4v) is 3.67. The number of ether oxygens (including phenoxy) is 1. The summed E-state index contributed by atoms with van der Waals surface area (Å²) in [5.41, 5.74) is 0. The molecule has 1 fully saturated rings. The molecule has 0 saturated heterocycles. The Morgan fingerprint density at radius 3 is 2.77 bits per heavy atom. The van der Waals surface area contributed by atoms with Gasteiger partial charge in [-0.2, -0.15) is 0 Å². The number of benzene rings is 1. The summed E-state index contributed by atoms with van der Waals surface area (Å²) >= 11 is 5.89. The molecule has 0 amide bonds. The van der Waals surface area contributed by atoms with E-state index in [-0.39, 0.29) is 60.8 Å². The van der Waals surface area contributed by atoms with E-state index < -0.39 is 24.3 Å². The summed E-state index contributed by atoms with van der Waals surface area (Å²) in [6.07, 6.45) is 6.93. The van der Waals surface area contributed by atoms with E-state index in [0.717, 1.165) is 0 Å². The number of aliphatic hydroxyl groups is 3. The van der Waals surface area contributed by atoms with Crippen molar-refractivity contribution in [3.8, 4) is 5.75 Å². The second-order valence-electron chi connectivity index (χ2n) is 7.30. The number of carboxylic acids is 1. The Kier molecular flexibility index (Phi) is 12.9. The van der Waals surface area contributed by atoms with E-state index in [1.54, 1.807) is 36.4 Å². The molecule has 1 aromatic rings. The molecule has 5 unspecified atom stereocenters. The zero-order valence-corrected chi connectivity index (χ0v) is 19.9. The van der Waals surface area contributed by atoms with Crippen LogP contribution in [0.5, 0.6) is 5.75 Å². The van der Waals surface area contributed by atoms with E-state index in [9.17, 15) is 25.2 Å². The maximum Gasteiger partial charge on any atom is 1.00 e. The van der Waals surface area contributed by atoms with Crippen LogP contribution >= 0.6 is 11.6 Å². The Morgan fingerprint density at radius 2 is 2.07 bits per heavy atom. The first-order valence-electron chi connectivity index (χ1n) is 9.82. The van der Waals surface area contributed by atoms with Crippen molar-refractivity contribution in [3.05, 3.63) is 53.6 Å². The third-order valence-electron chi connectivity index (χ3n) is 5.01. The molecule has 30 heavy (non-hydrogen) atoms. The molecule has 160 valence electrons. The van der Waals surface area contributed by atoms with Gasteiger partial charge >= 0.3 is 29.6 Å². The molecule has 0 radical (unpaired) electrons. The van der Waals surface area contributed by atoms with Crippen LogP contribution in [0.2, 0.25) is 5.02 Å². The van der Waals surface area contributed by atoms with Gasteiger partial charge in [-0.25, -0.2) is 0 Å². The summed E-state index contributed by atoms with van der Waals surface area (Å²) in [5.74, 6) is -0.947. The van der Waals surface area contributed by atoms with Crippen LogP contribution in [0, 0.1) is 11.8 Å². The molecule has 6 nitrogen and oxygen atoms in total. The summed E-state index contributed by atoms with van der Waals surface area (Å²) in [6, 6.07) is 6.89. The van der Waals surface area contributed by atoms with Crippen molar-refractivity contribution < 1.29 is 59.5 Å². The maximum atomic E-state index is 10.4. The molecule has 0 aromatic heterocycles. The van der Waals surface area contributed by atoms with Crippen LogP contribution in [0.1, 0.15) is 32.1 Å². The Bertz CT molecular complexity index is 711. The first-order valence-corrected chi connectivity index (χ1v) is 10.2. The molecule has 3 N–H and O–H groups in total. The first kappa shape index (κ1) is 27.2. The molecular weight excluding hydrogens is 419 g/mol. The number of rotatable bonds is 11. The SMILES string of the molecule is O=C([O-])CCC/C=C/CC1C(O)CC(O)C1/C=C/C(O)COc1cccc(Cl)c1.[Na+]. The van der Waals surface area contributed by atoms with Gasteiger partial charge in [-0.05, 0) is 49.8 Å². The third-order valence-corrected chi connectivity index (χ3v) is 5.25. The van der Waals surface area contributed by atoms with Gasteiger partial charge in [0.25, 0.3) is 0 Å². The van der Waals surface area contributed by atoms with Crippen LogP contribution in [0.25, 0.3) is 0 Å². The third kappa shape index (κ3) is 9.52. The average molecular weight is 447 g/mol. The fourth-order valence-electron chi connectivity index (χ4n) is 3.49. The Morgan fingerprint density at radius 1 is 1.30 bits per heavy atom. The van der Waals surface area contributed by atoms with Crippen LogP contribution in [0.15, 0.2) is 48.6 Å². The fraction of sp³-hybridized carbons (Fsp3) is 0.500. The monoisotopic (exact) mass is 446 g/mol. The second kappa shape index (κ2) is 14.2. The first-order chi connectivity index (χ1) is 13.9. The number of carbonyl (C=O) groups is 1. The van der Waals surface area contributed by atoms with Crippen LogP contribution < -0.4 is 39.4 Å². The number of allylic oxidation sites excluding steroid dienone is 2. The normalized spacial score (nSPS) is 24.8. The Labute approximate surface area is 204 Å². The van der Waals surface area contributed by atoms with Gasteiger partial charge in [0, 0.05) is 23.3 Å². The summed E-state index contributed by atoms with van der Waals surface area (Å²) in [6.45, 7) is 0.0468. The van der Waals surface area contributed by atoms with Crippen molar-refractivity contribution in [2.75, 3.05) is 6.61 Å². The van der Waals surface area contributed by atoms with Crippen molar-refractivity contribution in [2.24, 2.45) is 11.8 Å². The van der Waals surface area contributed by atoms with Crippen LogP contribution in [0.3, 0.4) is 0 Å². The van der Waals surface area contributed by atoms with Crippen molar-refractivity contribution in [3.63, 3.8) is 0 Å². The van der Waals surface area contributed by atoms with E-state index in [1.165, 1.54) is 0 Å². The minimum Gasteiger partial charge on any atom is -0.550 e. The topological polar surface area (TPSA) is 110 Å². The molecule has 0 spiro atoms. The van der Waals surface area contributed by atoms with Gasteiger partial charge in [-0.15, -0.1) is 0 Å². The molecule has 5 atom stereocenters. The largest absolute Gasteiger partial charge is 1.00 e. The molecular formula is C22H28ClNaO6. The molecule has 1 saturated carbocycles. The smallest absolute Gasteiger partial charge is 0.550 e. The maximum absolute atomic E-state index is 10.4. The van der Waals surface area contributed by atoms with Crippen LogP contribution in [-0.2, 0) is 4.79 Å². The Hall–Kier alpha value is -0.860. The van der Waals surface area contributed by atoms with Gasteiger partial charge in [-0.1, -0.05) is 42.0 Å². The minimum atomic E-state index is -1.06. The van der Waals surface area contributed by atoms with Crippen molar-refractivity contribution in [1.82, 2.24) is 0 Å². The zero-order valence-electron chi connectivity index (χ0n) is 17.2. The molecule has 1 aliphatic rings. The van der Waals surface area contributed by atoms with Crippen molar-refractivity contribution in [2.45, 2.75) is 50.4 Å². The number of hydrogen-bond donors (Lipinski definition) is 3. The van der Waals surface area contributed by atoms with Gasteiger partial charge in [0.2, 0.25) is 0 Å². The molecule has 0 bridgehead atoms. The van der Waals surface area contributed by atoms with Gasteiger partial charge in [0.05, 0.1) is 12.2 Å². The Balaban J connectivity index is 0.00000450. The summed E-state index contributed by atoms with van der Waals surface area (Å²) in [5, 5.41) is 41.6. The predicted octanol–water partition coefficient (Wildman–Crippen LogP) is -1.14. The number of hydrogen-bond acceptors (Lipinski definition) is 6. The van der Waals surface area contributed by atoms with Gasteiger partial charge < -0.3 is 30.0 Å². The zero-order chi connectivity index (χ0) is 21.2. The van der Waals surface area contributed by atoms with Gasteiger partial charge in [0.1, 0.15) is 18.5 Å². The molecule has 0 aliphatic heterocycles.